The molecule has 0 spiro atoms. The van der Waals surface area contributed by atoms with Crippen molar-refractivity contribution in [1.82, 2.24) is 9.99 Å². The van der Waals surface area contributed by atoms with Gasteiger partial charge in [0.2, 0.25) is 4.80 Å². The van der Waals surface area contributed by atoms with Crippen LogP contribution in [0, 0.1) is 0 Å². The Hall–Kier alpha value is -3.51. The highest BCUT2D eigenvalue weighted by Crippen LogP contribution is 2.18. The van der Waals surface area contributed by atoms with Crippen LogP contribution >= 0.6 is 11.3 Å². The SMILES string of the molecule is O=C(N/N=c1\sc2ccccc2n1C(=O)c1ccccc1)c1ccccc1. The van der Waals surface area contributed by atoms with Crippen LogP contribution in [0.4, 0.5) is 0 Å². The topological polar surface area (TPSA) is 63.5 Å². The van der Waals surface area contributed by atoms with E-state index < -0.39 is 0 Å². The zero-order valence-electron chi connectivity index (χ0n) is 14.2. The molecule has 0 aliphatic rings. The van der Waals surface area contributed by atoms with Crippen molar-refractivity contribution >= 4 is 33.4 Å². The largest absolute Gasteiger partial charge is 0.271 e. The highest BCUT2D eigenvalue weighted by molar-refractivity contribution is 7.16. The van der Waals surface area contributed by atoms with Crippen LogP contribution in [0.2, 0.25) is 0 Å². The maximum Gasteiger partial charge on any atom is 0.271 e. The van der Waals surface area contributed by atoms with Gasteiger partial charge in [-0.25, -0.2) is 9.99 Å². The van der Waals surface area contributed by atoms with Gasteiger partial charge in [0.1, 0.15) is 0 Å². The molecule has 1 aromatic heterocycles. The fourth-order valence-electron chi connectivity index (χ4n) is 2.71. The van der Waals surface area contributed by atoms with E-state index >= 15 is 0 Å². The Labute approximate surface area is 159 Å². The number of nitrogens with one attached hydrogen (secondary N) is 1. The van der Waals surface area contributed by atoms with E-state index in [9.17, 15) is 9.59 Å². The summed E-state index contributed by atoms with van der Waals surface area (Å²) in [5, 5.41) is 4.23. The Bertz CT molecular complexity index is 1180. The third-order valence-corrected chi connectivity index (χ3v) is 5.03. The van der Waals surface area contributed by atoms with Gasteiger partial charge in [-0.1, -0.05) is 59.9 Å². The number of benzene rings is 3. The second-order valence-electron chi connectivity index (χ2n) is 5.78. The second kappa shape index (κ2) is 7.39. The van der Waals surface area contributed by atoms with E-state index in [0.717, 1.165) is 10.2 Å². The fourth-order valence-corrected chi connectivity index (χ4v) is 3.68. The average molecular weight is 373 g/mol. The maximum absolute atomic E-state index is 13.1. The molecule has 0 saturated heterocycles. The van der Waals surface area contributed by atoms with Crippen LogP contribution in [-0.4, -0.2) is 16.4 Å². The average Bonchev–Trinajstić information content (AvgIpc) is 3.11. The Morgan fingerprint density at radius 2 is 1.37 bits per heavy atom. The van der Waals surface area contributed by atoms with E-state index in [2.05, 4.69) is 10.5 Å². The number of aromatic nitrogens is 1. The van der Waals surface area contributed by atoms with Crippen molar-refractivity contribution in [3.05, 3.63) is 101 Å². The molecule has 0 radical (unpaired) electrons. The van der Waals surface area contributed by atoms with Crippen molar-refractivity contribution in [3.63, 3.8) is 0 Å². The lowest BCUT2D eigenvalue weighted by Crippen LogP contribution is -2.28. The van der Waals surface area contributed by atoms with Crippen molar-refractivity contribution < 1.29 is 9.59 Å². The number of hydrogen-bond acceptors (Lipinski definition) is 4. The highest BCUT2D eigenvalue weighted by atomic mass is 32.1. The molecule has 4 rings (SSSR count). The van der Waals surface area contributed by atoms with Crippen LogP contribution in [0.3, 0.4) is 0 Å². The van der Waals surface area contributed by atoms with Crippen LogP contribution < -0.4 is 10.2 Å². The summed E-state index contributed by atoms with van der Waals surface area (Å²) in [6, 6.07) is 25.4. The smallest absolute Gasteiger partial charge is 0.268 e. The first kappa shape index (κ1) is 16.9. The standard InChI is InChI=1S/C21H15N3O2S/c25-19(15-9-3-1-4-10-15)22-23-21-24(17-13-7-8-14-18(17)27-21)20(26)16-11-5-2-6-12-16/h1-14H,(H,22,25)/b23-21-. The first-order valence-corrected chi connectivity index (χ1v) is 9.15. The number of hydrogen-bond donors (Lipinski definition) is 1. The molecule has 6 heteroatoms. The van der Waals surface area contributed by atoms with E-state index in [0.29, 0.717) is 15.9 Å². The number of rotatable bonds is 3. The molecular formula is C21H15N3O2S. The van der Waals surface area contributed by atoms with Gasteiger partial charge >= 0.3 is 0 Å². The van der Waals surface area contributed by atoms with Gasteiger partial charge in [-0.05, 0) is 36.4 Å². The molecule has 4 aromatic rings. The van der Waals surface area contributed by atoms with Crippen LogP contribution in [-0.2, 0) is 0 Å². The molecule has 0 bridgehead atoms. The fraction of sp³-hybridized carbons (Fsp3) is 0. The van der Waals surface area contributed by atoms with E-state index in [1.165, 1.54) is 15.9 Å². The number of fused-ring (bicyclic) bond motifs is 1. The number of thiazole rings is 1. The summed E-state index contributed by atoms with van der Waals surface area (Å²) < 4.78 is 2.44. The zero-order chi connectivity index (χ0) is 18.6. The van der Waals surface area contributed by atoms with Crippen LogP contribution in [0.1, 0.15) is 20.7 Å². The Morgan fingerprint density at radius 3 is 2.07 bits per heavy atom. The summed E-state index contributed by atoms with van der Waals surface area (Å²) in [7, 11) is 0. The molecule has 1 N–H and O–H groups in total. The lowest BCUT2D eigenvalue weighted by Gasteiger charge is -2.04. The minimum atomic E-state index is -0.327. The summed E-state index contributed by atoms with van der Waals surface area (Å²) in [5.74, 6) is -0.521. The number of carbonyl (C=O) groups is 2. The predicted molar refractivity (Wildman–Crippen MR) is 105 cm³/mol. The predicted octanol–water partition coefficient (Wildman–Crippen LogP) is 3.64. The molecule has 1 amide bonds. The first-order valence-electron chi connectivity index (χ1n) is 8.33. The van der Waals surface area contributed by atoms with Gasteiger partial charge in [0.15, 0.2) is 0 Å². The number of carbonyl (C=O) groups excluding carboxylic acids is 2. The summed E-state index contributed by atoms with van der Waals surface area (Å²) in [4.78, 5) is 25.8. The molecule has 0 atom stereocenters. The molecule has 1 heterocycles. The van der Waals surface area contributed by atoms with Crippen LogP contribution in [0.15, 0.2) is 90.0 Å². The lowest BCUT2D eigenvalue weighted by molar-refractivity contribution is 0.0939. The van der Waals surface area contributed by atoms with E-state index in [-0.39, 0.29) is 11.8 Å². The first-order chi connectivity index (χ1) is 13.2. The molecule has 0 saturated carbocycles. The molecule has 3 aromatic carbocycles. The number of nitrogens with zero attached hydrogens (tertiary/aromatic N) is 2. The lowest BCUT2D eigenvalue weighted by atomic mass is 10.2. The molecular weight excluding hydrogens is 358 g/mol. The van der Waals surface area contributed by atoms with Gasteiger partial charge in [-0.2, -0.15) is 0 Å². The monoisotopic (exact) mass is 373 g/mol. The van der Waals surface area contributed by atoms with Crippen molar-refractivity contribution in [2.24, 2.45) is 5.10 Å². The third kappa shape index (κ3) is 3.43. The van der Waals surface area contributed by atoms with Crippen molar-refractivity contribution in [2.45, 2.75) is 0 Å². The summed E-state index contributed by atoms with van der Waals surface area (Å²) in [6.45, 7) is 0. The molecule has 0 aliphatic carbocycles. The number of para-hydroxylation sites is 1. The van der Waals surface area contributed by atoms with E-state index in [4.69, 9.17) is 0 Å². The normalized spacial score (nSPS) is 11.5. The van der Waals surface area contributed by atoms with Gasteiger partial charge in [-0.3, -0.25) is 9.59 Å². The molecule has 0 aliphatic heterocycles. The third-order valence-electron chi connectivity index (χ3n) is 4.01. The zero-order valence-corrected chi connectivity index (χ0v) is 15.0. The van der Waals surface area contributed by atoms with E-state index in [1.54, 1.807) is 36.4 Å². The number of amides is 1. The van der Waals surface area contributed by atoms with Gasteiger partial charge in [-0.15, -0.1) is 5.10 Å². The van der Waals surface area contributed by atoms with Crippen molar-refractivity contribution in [1.29, 1.82) is 0 Å². The highest BCUT2D eigenvalue weighted by Gasteiger charge is 2.15. The van der Waals surface area contributed by atoms with Crippen LogP contribution in [0.5, 0.6) is 0 Å². The van der Waals surface area contributed by atoms with Crippen LogP contribution in [0.25, 0.3) is 10.2 Å². The summed E-state index contributed by atoms with van der Waals surface area (Å²) in [5.41, 5.74) is 4.36. The molecule has 0 fully saturated rings. The van der Waals surface area contributed by atoms with Crippen molar-refractivity contribution in [3.8, 4) is 0 Å². The molecule has 132 valence electrons. The van der Waals surface area contributed by atoms with Gasteiger partial charge < -0.3 is 0 Å². The Morgan fingerprint density at radius 1 is 0.778 bits per heavy atom. The quantitative estimate of drug-likeness (QED) is 0.557. The summed E-state index contributed by atoms with van der Waals surface area (Å²) >= 11 is 1.34. The van der Waals surface area contributed by atoms with Gasteiger partial charge in [0.05, 0.1) is 10.2 Å². The minimum Gasteiger partial charge on any atom is -0.268 e. The molecule has 5 nitrogen and oxygen atoms in total. The molecule has 0 unspecified atom stereocenters. The molecule has 27 heavy (non-hydrogen) atoms. The summed E-state index contributed by atoms with van der Waals surface area (Å²) in [6.07, 6.45) is 0. The van der Waals surface area contributed by atoms with Crippen molar-refractivity contribution in [2.75, 3.05) is 0 Å². The van der Waals surface area contributed by atoms with Gasteiger partial charge in [0, 0.05) is 11.1 Å². The second-order valence-corrected chi connectivity index (χ2v) is 6.79. The van der Waals surface area contributed by atoms with Gasteiger partial charge in [0.25, 0.3) is 11.8 Å². The minimum absolute atomic E-state index is 0.194. The Balaban J connectivity index is 1.79. The maximum atomic E-state index is 13.1. The van der Waals surface area contributed by atoms with E-state index in [1.807, 2.05) is 48.5 Å². The Kier molecular flexibility index (Phi) is 4.63.